The Labute approximate surface area is 81.9 Å². The third kappa shape index (κ3) is 1.69. The molecule has 2 rings (SSSR count). The van der Waals surface area contributed by atoms with Gasteiger partial charge in [0, 0.05) is 5.56 Å². The molecule has 0 radical (unpaired) electrons. The zero-order valence-corrected chi connectivity index (χ0v) is 7.55. The van der Waals surface area contributed by atoms with Crippen LogP contribution in [0.4, 0.5) is 0 Å². The van der Waals surface area contributed by atoms with E-state index in [4.69, 9.17) is 16.2 Å². The van der Waals surface area contributed by atoms with E-state index in [1.54, 1.807) is 0 Å². The van der Waals surface area contributed by atoms with Crippen molar-refractivity contribution in [3.05, 3.63) is 35.9 Å². The van der Waals surface area contributed by atoms with E-state index in [0.717, 1.165) is 11.3 Å². The topological polar surface area (TPSA) is 73.6 Å². The number of aliphatic imine (C=N–C) groups is 1. The lowest BCUT2D eigenvalue weighted by atomic mass is 10.1. The Balaban J connectivity index is 2.26. The lowest BCUT2D eigenvalue weighted by molar-refractivity contribution is 0.256. The van der Waals surface area contributed by atoms with Crippen LogP contribution in [0.1, 0.15) is 5.56 Å². The minimum atomic E-state index is -0.408. The Morgan fingerprint density at radius 3 is 2.86 bits per heavy atom. The van der Waals surface area contributed by atoms with Crippen LogP contribution >= 0.6 is 0 Å². The van der Waals surface area contributed by atoms with Crippen LogP contribution in [-0.4, -0.2) is 12.2 Å². The fourth-order valence-electron chi connectivity index (χ4n) is 1.30. The third-order valence-electron chi connectivity index (χ3n) is 1.88. The number of ether oxygens (including phenoxy) is 1. The molecule has 0 aromatic heterocycles. The van der Waals surface area contributed by atoms with Crippen LogP contribution < -0.4 is 16.2 Å². The molecule has 0 aliphatic carbocycles. The number of para-hydroxylation sites is 1. The van der Waals surface area contributed by atoms with Gasteiger partial charge in [-0.3, -0.25) is 0 Å². The van der Waals surface area contributed by atoms with E-state index in [9.17, 15) is 0 Å². The molecule has 1 aliphatic heterocycles. The molecule has 0 amide bonds. The number of benzene rings is 1. The summed E-state index contributed by atoms with van der Waals surface area (Å²) >= 11 is 0. The van der Waals surface area contributed by atoms with Gasteiger partial charge in [-0.2, -0.15) is 0 Å². The van der Waals surface area contributed by atoms with Gasteiger partial charge >= 0.3 is 0 Å². The van der Waals surface area contributed by atoms with Crippen molar-refractivity contribution in [1.82, 2.24) is 0 Å². The van der Waals surface area contributed by atoms with Gasteiger partial charge in [-0.05, 0) is 18.2 Å². The van der Waals surface area contributed by atoms with E-state index in [1.165, 1.54) is 0 Å². The molecule has 4 heteroatoms. The van der Waals surface area contributed by atoms with Crippen molar-refractivity contribution >= 4 is 12.0 Å². The summed E-state index contributed by atoms with van der Waals surface area (Å²) in [6.07, 6.45) is 3.34. The summed E-state index contributed by atoms with van der Waals surface area (Å²) in [5.74, 6) is 0.823. The molecule has 72 valence electrons. The molecular formula is C10H11N3O. The third-order valence-corrected chi connectivity index (χ3v) is 1.88. The van der Waals surface area contributed by atoms with E-state index in [0.29, 0.717) is 0 Å². The van der Waals surface area contributed by atoms with Crippen molar-refractivity contribution in [3.8, 4) is 5.75 Å². The standard InChI is InChI=1S/C10H11N3O/c11-10(12)13-9-6-5-7-3-1-2-4-8(7)14-9/h1-6,9H,(H4,11,12,13). The minimum absolute atomic E-state index is 0.0269. The Hall–Kier alpha value is -1.97. The van der Waals surface area contributed by atoms with Crippen molar-refractivity contribution < 1.29 is 4.74 Å². The molecule has 1 aromatic rings. The smallest absolute Gasteiger partial charge is 0.212 e. The van der Waals surface area contributed by atoms with Gasteiger partial charge in [0.1, 0.15) is 5.75 Å². The van der Waals surface area contributed by atoms with E-state index in [2.05, 4.69) is 4.99 Å². The van der Waals surface area contributed by atoms with Crippen molar-refractivity contribution in [3.63, 3.8) is 0 Å². The number of fused-ring (bicyclic) bond motifs is 1. The summed E-state index contributed by atoms with van der Waals surface area (Å²) in [6, 6.07) is 7.71. The van der Waals surface area contributed by atoms with Gasteiger partial charge in [-0.25, -0.2) is 4.99 Å². The molecule has 4 nitrogen and oxygen atoms in total. The van der Waals surface area contributed by atoms with Crippen LogP contribution in [0.25, 0.3) is 6.08 Å². The highest BCUT2D eigenvalue weighted by Gasteiger charge is 2.12. The summed E-state index contributed by atoms with van der Waals surface area (Å²) < 4.78 is 5.51. The second-order valence-electron chi connectivity index (χ2n) is 2.96. The molecule has 1 aliphatic rings. The van der Waals surface area contributed by atoms with E-state index < -0.39 is 6.23 Å². The van der Waals surface area contributed by atoms with Gasteiger partial charge in [-0.1, -0.05) is 18.2 Å². The predicted molar refractivity (Wildman–Crippen MR) is 55.7 cm³/mol. The molecule has 0 saturated carbocycles. The molecule has 1 unspecified atom stereocenters. The number of guanidine groups is 1. The van der Waals surface area contributed by atoms with E-state index in [1.807, 2.05) is 36.4 Å². The van der Waals surface area contributed by atoms with Crippen molar-refractivity contribution in [2.75, 3.05) is 0 Å². The summed E-state index contributed by atoms with van der Waals surface area (Å²) in [6.45, 7) is 0. The molecule has 1 atom stereocenters. The van der Waals surface area contributed by atoms with Gasteiger partial charge in [0.2, 0.25) is 6.23 Å². The lowest BCUT2D eigenvalue weighted by Crippen LogP contribution is -2.27. The highest BCUT2D eigenvalue weighted by atomic mass is 16.5. The van der Waals surface area contributed by atoms with Crippen LogP contribution in [-0.2, 0) is 0 Å². The molecule has 1 aromatic carbocycles. The number of hydrogen-bond donors (Lipinski definition) is 2. The number of nitrogens with two attached hydrogens (primary N) is 2. The van der Waals surface area contributed by atoms with Crippen molar-refractivity contribution in [2.24, 2.45) is 16.5 Å². The minimum Gasteiger partial charge on any atom is -0.464 e. The first-order chi connectivity index (χ1) is 6.75. The highest BCUT2D eigenvalue weighted by molar-refractivity contribution is 5.76. The predicted octanol–water partition coefficient (Wildman–Crippen LogP) is 0.692. The first-order valence-electron chi connectivity index (χ1n) is 4.28. The molecular weight excluding hydrogens is 178 g/mol. The molecule has 0 bridgehead atoms. The molecule has 0 fully saturated rings. The fourth-order valence-corrected chi connectivity index (χ4v) is 1.30. The SMILES string of the molecule is NC(N)=NC1C=Cc2ccccc2O1. The van der Waals surface area contributed by atoms with Gasteiger partial charge in [0.15, 0.2) is 5.96 Å². The summed E-state index contributed by atoms with van der Waals surface area (Å²) in [5, 5.41) is 0. The molecule has 0 saturated heterocycles. The molecule has 14 heavy (non-hydrogen) atoms. The average Bonchev–Trinajstić information content (AvgIpc) is 2.17. The lowest BCUT2D eigenvalue weighted by Gasteiger charge is -2.17. The van der Waals surface area contributed by atoms with Crippen LogP contribution in [0, 0.1) is 0 Å². The zero-order chi connectivity index (χ0) is 9.97. The number of rotatable bonds is 1. The summed E-state index contributed by atoms with van der Waals surface area (Å²) in [5.41, 5.74) is 11.6. The maximum atomic E-state index is 5.51. The second kappa shape index (κ2) is 3.41. The fraction of sp³-hybridized carbons (Fsp3) is 0.100. The molecule has 1 heterocycles. The van der Waals surface area contributed by atoms with Gasteiger partial charge < -0.3 is 16.2 Å². The Morgan fingerprint density at radius 1 is 1.29 bits per heavy atom. The van der Waals surface area contributed by atoms with E-state index >= 15 is 0 Å². The van der Waals surface area contributed by atoms with Gasteiger partial charge in [0.05, 0.1) is 0 Å². The largest absolute Gasteiger partial charge is 0.464 e. The van der Waals surface area contributed by atoms with Crippen molar-refractivity contribution in [1.29, 1.82) is 0 Å². The maximum Gasteiger partial charge on any atom is 0.212 e. The average molecular weight is 189 g/mol. The van der Waals surface area contributed by atoms with Gasteiger partial charge in [0.25, 0.3) is 0 Å². The van der Waals surface area contributed by atoms with Crippen LogP contribution in [0.15, 0.2) is 35.3 Å². The van der Waals surface area contributed by atoms with E-state index in [-0.39, 0.29) is 5.96 Å². The first-order valence-corrected chi connectivity index (χ1v) is 4.28. The second-order valence-corrected chi connectivity index (χ2v) is 2.96. The quantitative estimate of drug-likeness (QED) is 0.504. The monoisotopic (exact) mass is 189 g/mol. The van der Waals surface area contributed by atoms with Crippen LogP contribution in [0.5, 0.6) is 5.75 Å². The Kier molecular flexibility index (Phi) is 2.10. The molecule has 4 N–H and O–H groups in total. The Bertz CT molecular complexity index is 394. The normalized spacial score (nSPS) is 18.1. The van der Waals surface area contributed by atoms with Crippen molar-refractivity contribution in [2.45, 2.75) is 6.23 Å². The van der Waals surface area contributed by atoms with Crippen LogP contribution in [0.3, 0.4) is 0 Å². The Morgan fingerprint density at radius 2 is 2.07 bits per heavy atom. The van der Waals surface area contributed by atoms with Crippen LogP contribution in [0.2, 0.25) is 0 Å². The first kappa shape index (κ1) is 8.62. The van der Waals surface area contributed by atoms with Gasteiger partial charge in [-0.15, -0.1) is 0 Å². The number of nitrogens with zero attached hydrogens (tertiary/aromatic N) is 1. The highest BCUT2D eigenvalue weighted by Crippen LogP contribution is 2.25. The molecule has 0 spiro atoms. The summed E-state index contributed by atoms with van der Waals surface area (Å²) in [7, 11) is 0. The zero-order valence-electron chi connectivity index (χ0n) is 7.55. The number of hydrogen-bond acceptors (Lipinski definition) is 2. The maximum absolute atomic E-state index is 5.51. The summed E-state index contributed by atoms with van der Waals surface area (Å²) in [4.78, 5) is 3.90.